The Morgan fingerprint density at radius 1 is 1.29 bits per heavy atom. The van der Waals surface area contributed by atoms with Gasteiger partial charge in [-0.05, 0) is 30.0 Å². The van der Waals surface area contributed by atoms with Gasteiger partial charge in [-0.25, -0.2) is 0 Å². The Balaban J connectivity index is 2.92. The van der Waals surface area contributed by atoms with Crippen molar-refractivity contribution in [1.29, 1.82) is 0 Å². The maximum absolute atomic E-state index is 10.6. The van der Waals surface area contributed by atoms with Crippen LogP contribution in [0.1, 0.15) is 31.4 Å². The van der Waals surface area contributed by atoms with E-state index in [-0.39, 0.29) is 6.42 Å². The molecule has 1 aromatic rings. The summed E-state index contributed by atoms with van der Waals surface area (Å²) in [6, 6.07) is 7.69. The Labute approximate surface area is 102 Å². The smallest absolute Gasteiger partial charge is 0.307 e. The summed E-state index contributed by atoms with van der Waals surface area (Å²) in [5.74, 6) is -0.796. The zero-order chi connectivity index (χ0) is 12.7. The summed E-state index contributed by atoms with van der Waals surface area (Å²) in [7, 11) is 0. The van der Waals surface area contributed by atoms with Crippen LogP contribution in [-0.2, 0) is 11.2 Å². The number of hydrogen-bond acceptors (Lipinski definition) is 1. The molecule has 0 unspecified atom stereocenters. The second kappa shape index (κ2) is 6.69. The van der Waals surface area contributed by atoms with E-state index in [1.54, 1.807) is 0 Å². The van der Waals surface area contributed by atoms with Gasteiger partial charge in [0.05, 0.1) is 6.42 Å². The van der Waals surface area contributed by atoms with Crippen molar-refractivity contribution in [3.05, 3.63) is 53.6 Å². The number of allylic oxidation sites excluding steroid dienone is 4. The van der Waals surface area contributed by atoms with E-state index in [1.807, 2.05) is 37.3 Å². The summed E-state index contributed by atoms with van der Waals surface area (Å²) in [5, 5.41) is 8.69. The van der Waals surface area contributed by atoms with Gasteiger partial charge in [-0.2, -0.15) is 0 Å². The van der Waals surface area contributed by atoms with Crippen molar-refractivity contribution >= 4 is 11.5 Å². The maximum Gasteiger partial charge on any atom is 0.307 e. The minimum Gasteiger partial charge on any atom is -0.481 e. The van der Waals surface area contributed by atoms with Crippen LogP contribution >= 0.6 is 0 Å². The predicted octanol–water partition coefficient (Wildman–Crippen LogP) is 3.68. The third-order valence-corrected chi connectivity index (χ3v) is 2.41. The number of carbonyl (C=O) groups is 1. The first-order valence-corrected chi connectivity index (χ1v) is 5.81. The quantitative estimate of drug-likeness (QED) is 0.783. The van der Waals surface area contributed by atoms with Crippen LogP contribution in [0.25, 0.3) is 5.57 Å². The Hall–Kier alpha value is -1.83. The molecule has 2 nitrogen and oxygen atoms in total. The van der Waals surface area contributed by atoms with Gasteiger partial charge in [-0.3, -0.25) is 4.79 Å². The van der Waals surface area contributed by atoms with Crippen molar-refractivity contribution in [1.82, 2.24) is 0 Å². The lowest BCUT2D eigenvalue weighted by Gasteiger charge is -2.04. The predicted molar refractivity (Wildman–Crippen MR) is 70.9 cm³/mol. The highest BCUT2D eigenvalue weighted by molar-refractivity contribution is 5.75. The van der Waals surface area contributed by atoms with Crippen molar-refractivity contribution in [2.75, 3.05) is 0 Å². The number of aliphatic carboxylic acids is 1. The average molecular weight is 230 g/mol. The van der Waals surface area contributed by atoms with Crippen LogP contribution in [0.5, 0.6) is 0 Å². The Morgan fingerprint density at radius 2 is 1.94 bits per heavy atom. The molecule has 0 amide bonds. The summed E-state index contributed by atoms with van der Waals surface area (Å²) in [6.07, 6.45) is 7.29. The SMILES string of the molecule is C/C=C\C(=C/CC)c1ccc(CC(=O)O)cc1. The minimum atomic E-state index is -0.796. The fourth-order valence-electron chi connectivity index (χ4n) is 1.67. The lowest BCUT2D eigenvalue weighted by Crippen LogP contribution is -1.99. The van der Waals surface area contributed by atoms with Crippen LogP contribution in [0.4, 0.5) is 0 Å². The van der Waals surface area contributed by atoms with E-state index in [0.29, 0.717) is 0 Å². The average Bonchev–Trinajstić information content (AvgIpc) is 2.29. The molecular formula is C15H18O2. The summed E-state index contributed by atoms with van der Waals surface area (Å²) in [6.45, 7) is 4.09. The van der Waals surface area contributed by atoms with Crippen LogP contribution in [0, 0.1) is 0 Å². The van der Waals surface area contributed by atoms with E-state index in [9.17, 15) is 4.79 Å². The summed E-state index contributed by atoms with van der Waals surface area (Å²) < 4.78 is 0. The number of rotatable bonds is 5. The molecule has 17 heavy (non-hydrogen) atoms. The molecule has 0 aromatic heterocycles. The van der Waals surface area contributed by atoms with Crippen molar-refractivity contribution in [2.45, 2.75) is 26.7 Å². The van der Waals surface area contributed by atoms with Crippen LogP contribution in [0.2, 0.25) is 0 Å². The molecule has 0 fully saturated rings. The number of benzene rings is 1. The van der Waals surface area contributed by atoms with Gasteiger partial charge < -0.3 is 5.11 Å². The van der Waals surface area contributed by atoms with Crippen LogP contribution in [0.3, 0.4) is 0 Å². The molecule has 0 aliphatic rings. The Bertz CT molecular complexity index is 425. The number of hydrogen-bond donors (Lipinski definition) is 1. The maximum atomic E-state index is 10.6. The van der Waals surface area contributed by atoms with E-state index in [4.69, 9.17) is 5.11 Å². The molecule has 2 heteroatoms. The third-order valence-electron chi connectivity index (χ3n) is 2.41. The highest BCUT2D eigenvalue weighted by Gasteiger charge is 2.01. The molecule has 1 aromatic carbocycles. The monoisotopic (exact) mass is 230 g/mol. The van der Waals surface area contributed by atoms with E-state index in [1.165, 1.54) is 5.57 Å². The summed E-state index contributed by atoms with van der Waals surface area (Å²) in [5.41, 5.74) is 3.13. The molecule has 0 radical (unpaired) electrons. The van der Waals surface area contributed by atoms with Crippen molar-refractivity contribution in [2.24, 2.45) is 0 Å². The van der Waals surface area contributed by atoms with Crippen LogP contribution in [-0.4, -0.2) is 11.1 Å². The minimum absolute atomic E-state index is 0.0801. The first kappa shape index (κ1) is 13.2. The van der Waals surface area contributed by atoms with Gasteiger partial charge in [0.2, 0.25) is 0 Å². The lowest BCUT2D eigenvalue weighted by atomic mass is 10.0. The van der Waals surface area contributed by atoms with Crippen LogP contribution < -0.4 is 0 Å². The topological polar surface area (TPSA) is 37.3 Å². The second-order valence-corrected chi connectivity index (χ2v) is 3.84. The van der Waals surface area contributed by atoms with Gasteiger partial charge in [0.1, 0.15) is 0 Å². The highest BCUT2D eigenvalue weighted by atomic mass is 16.4. The van der Waals surface area contributed by atoms with Gasteiger partial charge in [0.15, 0.2) is 0 Å². The summed E-state index contributed by atoms with van der Waals surface area (Å²) in [4.78, 5) is 10.6. The largest absolute Gasteiger partial charge is 0.481 e. The first-order chi connectivity index (χ1) is 8.17. The van der Waals surface area contributed by atoms with E-state index >= 15 is 0 Å². The van der Waals surface area contributed by atoms with Crippen molar-refractivity contribution in [3.63, 3.8) is 0 Å². The van der Waals surface area contributed by atoms with Gasteiger partial charge >= 0.3 is 5.97 Å². The molecule has 0 bridgehead atoms. The molecule has 0 atom stereocenters. The Kier molecular flexibility index (Phi) is 5.21. The molecule has 1 N–H and O–H groups in total. The van der Waals surface area contributed by atoms with E-state index < -0.39 is 5.97 Å². The van der Waals surface area contributed by atoms with Gasteiger partial charge in [-0.15, -0.1) is 0 Å². The lowest BCUT2D eigenvalue weighted by molar-refractivity contribution is -0.136. The van der Waals surface area contributed by atoms with Crippen LogP contribution in [0.15, 0.2) is 42.5 Å². The van der Waals surface area contributed by atoms with E-state index in [0.717, 1.165) is 17.5 Å². The zero-order valence-electron chi connectivity index (χ0n) is 10.3. The van der Waals surface area contributed by atoms with Crippen molar-refractivity contribution < 1.29 is 9.90 Å². The molecule has 0 aliphatic carbocycles. The van der Waals surface area contributed by atoms with Gasteiger partial charge in [0, 0.05) is 0 Å². The molecular weight excluding hydrogens is 212 g/mol. The summed E-state index contributed by atoms with van der Waals surface area (Å²) >= 11 is 0. The molecule has 0 saturated heterocycles. The number of carboxylic acids is 1. The normalized spacial score (nSPS) is 12.0. The number of carboxylic acid groups (broad SMARTS) is 1. The third kappa shape index (κ3) is 4.27. The molecule has 90 valence electrons. The van der Waals surface area contributed by atoms with Crippen molar-refractivity contribution in [3.8, 4) is 0 Å². The zero-order valence-corrected chi connectivity index (χ0v) is 10.3. The highest BCUT2D eigenvalue weighted by Crippen LogP contribution is 2.17. The fraction of sp³-hybridized carbons (Fsp3) is 0.267. The Morgan fingerprint density at radius 3 is 2.41 bits per heavy atom. The molecule has 0 aliphatic heterocycles. The second-order valence-electron chi connectivity index (χ2n) is 3.84. The first-order valence-electron chi connectivity index (χ1n) is 5.81. The standard InChI is InChI=1S/C15H18O2/c1-3-5-13(6-4-2)14-9-7-12(8-10-14)11-15(16)17/h3,5-10H,4,11H2,1-2H3,(H,16,17)/b5-3-,13-6+. The van der Waals surface area contributed by atoms with Gasteiger partial charge in [-0.1, -0.05) is 49.4 Å². The van der Waals surface area contributed by atoms with E-state index in [2.05, 4.69) is 19.1 Å². The molecule has 1 rings (SSSR count). The molecule has 0 saturated carbocycles. The van der Waals surface area contributed by atoms with Gasteiger partial charge in [0.25, 0.3) is 0 Å². The molecule has 0 spiro atoms. The fourth-order valence-corrected chi connectivity index (χ4v) is 1.67. The molecule has 0 heterocycles.